The topological polar surface area (TPSA) is 21.1 Å². The summed E-state index contributed by atoms with van der Waals surface area (Å²) in [6.07, 6.45) is 5.29. The molecule has 0 spiro atoms. The highest BCUT2D eigenvalue weighted by atomic mass is 19.1. The Hall–Kier alpha value is -1.68. The third-order valence-electron chi connectivity index (χ3n) is 2.86. The van der Waals surface area contributed by atoms with E-state index in [2.05, 4.69) is 10.00 Å². The molecule has 0 saturated heterocycles. The maximum atomic E-state index is 13.9. The van der Waals surface area contributed by atoms with E-state index < -0.39 is 0 Å². The lowest BCUT2D eigenvalue weighted by Gasteiger charge is -2.12. The molecule has 0 unspecified atom stereocenters. The number of aryl methyl sites for hydroxylation is 1. The minimum Gasteiger partial charge on any atom is -0.309 e. The first kappa shape index (κ1) is 12.8. The van der Waals surface area contributed by atoms with Gasteiger partial charge in [-0.05, 0) is 51.2 Å². The van der Waals surface area contributed by atoms with Crippen LogP contribution >= 0.6 is 0 Å². The molecule has 0 aliphatic heterocycles. The average Bonchev–Trinajstić information content (AvgIpc) is 2.82. The van der Waals surface area contributed by atoms with Crippen molar-refractivity contribution in [1.29, 1.82) is 0 Å². The van der Waals surface area contributed by atoms with Gasteiger partial charge in [0.2, 0.25) is 0 Å². The van der Waals surface area contributed by atoms with Crippen LogP contribution < -0.4 is 0 Å². The van der Waals surface area contributed by atoms with E-state index in [9.17, 15) is 4.39 Å². The number of halogens is 1. The second-order valence-electron chi connectivity index (χ2n) is 4.61. The summed E-state index contributed by atoms with van der Waals surface area (Å²) in [5.41, 5.74) is 1.57. The molecule has 0 radical (unpaired) electrons. The smallest absolute Gasteiger partial charge is 0.149 e. The van der Waals surface area contributed by atoms with Crippen molar-refractivity contribution in [2.45, 2.75) is 12.8 Å². The summed E-state index contributed by atoms with van der Waals surface area (Å²) in [4.78, 5) is 2.13. The summed E-state index contributed by atoms with van der Waals surface area (Å²) in [6.45, 7) is 0.995. The third kappa shape index (κ3) is 2.96. The van der Waals surface area contributed by atoms with Crippen LogP contribution in [0.25, 0.3) is 5.69 Å². The van der Waals surface area contributed by atoms with Crippen LogP contribution in [0.3, 0.4) is 0 Å². The Morgan fingerprint density at radius 2 is 2.11 bits per heavy atom. The standard InChI is InChI=1S/C14H18FN3/c1-17(2)10-4-7-12-6-3-8-13(15)14(12)18-11-5-9-16-18/h3,5-6,8-9,11H,4,7,10H2,1-2H3. The fourth-order valence-corrected chi connectivity index (χ4v) is 2.01. The normalized spacial score (nSPS) is 11.1. The van der Waals surface area contributed by atoms with Crippen molar-refractivity contribution >= 4 is 0 Å². The molecule has 0 fully saturated rings. The second kappa shape index (κ2) is 5.78. The molecule has 4 heteroatoms. The maximum absolute atomic E-state index is 13.9. The molecule has 0 atom stereocenters. The Labute approximate surface area is 107 Å². The lowest BCUT2D eigenvalue weighted by atomic mass is 10.1. The van der Waals surface area contributed by atoms with Crippen LogP contribution in [0, 0.1) is 5.82 Å². The Morgan fingerprint density at radius 3 is 2.78 bits per heavy atom. The fourth-order valence-electron chi connectivity index (χ4n) is 2.01. The lowest BCUT2D eigenvalue weighted by molar-refractivity contribution is 0.400. The summed E-state index contributed by atoms with van der Waals surface area (Å²) in [5.74, 6) is -0.221. The van der Waals surface area contributed by atoms with Gasteiger partial charge in [-0.15, -0.1) is 0 Å². The molecule has 3 nitrogen and oxygen atoms in total. The van der Waals surface area contributed by atoms with Gasteiger partial charge in [-0.3, -0.25) is 0 Å². The zero-order valence-corrected chi connectivity index (χ0v) is 10.8. The first-order valence-corrected chi connectivity index (χ1v) is 6.10. The van der Waals surface area contributed by atoms with E-state index in [1.54, 1.807) is 29.2 Å². The molecule has 0 amide bonds. The van der Waals surface area contributed by atoms with Crippen LogP contribution in [0.1, 0.15) is 12.0 Å². The van der Waals surface area contributed by atoms with E-state index in [0.717, 1.165) is 24.9 Å². The van der Waals surface area contributed by atoms with E-state index >= 15 is 0 Å². The van der Waals surface area contributed by atoms with Crippen molar-refractivity contribution in [3.63, 3.8) is 0 Å². The van der Waals surface area contributed by atoms with E-state index in [4.69, 9.17) is 0 Å². The van der Waals surface area contributed by atoms with Gasteiger partial charge in [-0.25, -0.2) is 9.07 Å². The quantitative estimate of drug-likeness (QED) is 0.809. The van der Waals surface area contributed by atoms with Gasteiger partial charge < -0.3 is 4.90 Å². The summed E-state index contributed by atoms with van der Waals surface area (Å²) < 4.78 is 15.5. The van der Waals surface area contributed by atoms with Gasteiger partial charge in [0.05, 0.1) is 0 Å². The van der Waals surface area contributed by atoms with E-state index in [0.29, 0.717) is 5.69 Å². The molecule has 0 N–H and O–H groups in total. The minimum absolute atomic E-state index is 0.221. The Kier molecular flexibility index (Phi) is 4.10. The second-order valence-corrected chi connectivity index (χ2v) is 4.61. The predicted molar refractivity (Wildman–Crippen MR) is 70.4 cm³/mol. The highest BCUT2D eigenvalue weighted by molar-refractivity contribution is 5.41. The molecule has 0 aliphatic carbocycles. The molecular weight excluding hydrogens is 229 g/mol. The SMILES string of the molecule is CN(C)CCCc1cccc(F)c1-n1cccn1. The molecule has 1 aromatic heterocycles. The molecule has 1 aromatic carbocycles. The summed E-state index contributed by atoms with van der Waals surface area (Å²) in [6, 6.07) is 7.01. The molecule has 2 aromatic rings. The molecule has 0 saturated carbocycles. The summed E-state index contributed by atoms with van der Waals surface area (Å²) in [5, 5.41) is 4.12. The van der Waals surface area contributed by atoms with E-state index in [-0.39, 0.29) is 5.82 Å². The monoisotopic (exact) mass is 247 g/mol. The largest absolute Gasteiger partial charge is 0.309 e. The van der Waals surface area contributed by atoms with Crippen LogP contribution in [0.2, 0.25) is 0 Å². The van der Waals surface area contributed by atoms with Crippen LogP contribution in [-0.4, -0.2) is 35.3 Å². The number of hydrogen-bond acceptors (Lipinski definition) is 2. The number of rotatable bonds is 5. The average molecular weight is 247 g/mol. The van der Waals surface area contributed by atoms with Crippen LogP contribution in [0.5, 0.6) is 0 Å². The Balaban J connectivity index is 2.22. The molecule has 18 heavy (non-hydrogen) atoms. The van der Waals surface area contributed by atoms with Gasteiger partial charge in [0.1, 0.15) is 11.5 Å². The molecule has 1 heterocycles. The van der Waals surface area contributed by atoms with Crippen molar-refractivity contribution in [1.82, 2.24) is 14.7 Å². The van der Waals surface area contributed by atoms with Crippen molar-refractivity contribution in [3.8, 4) is 5.69 Å². The van der Waals surface area contributed by atoms with Crippen LogP contribution in [0.15, 0.2) is 36.7 Å². The van der Waals surface area contributed by atoms with E-state index in [1.165, 1.54) is 6.07 Å². The number of benzene rings is 1. The third-order valence-corrected chi connectivity index (χ3v) is 2.86. The van der Waals surface area contributed by atoms with Crippen LogP contribution in [-0.2, 0) is 6.42 Å². The van der Waals surface area contributed by atoms with Crippen LogP contribution in [0.4, 0.5) is 4.39 Å². The highest BCUT2D eigenvalue weighted by Crippen LogP contribution is 2.19. The lowest BCUT2D eigenvalue weighted by Crippen LogP contribution is -2.14. The Morgan fingerprint density at radius 1 is 1.28 bits per heavy atom. The van der Waals surface area contributed by atoms with Crippen molar-refractivity contribution in [3.05, 3.63) is 48.0 Å². The zero-order chi connectivity index (χ0) is 13.0. The predicted octanol–water partition coefficient (Wildman–Crippen LogP) is 2.51. The zero-order valence-electron chi connectivity index (χ0n) is 10.8. The van der Waals surface area contributed by atoms with Gasteiger partial charge in [-0.1, -0.05) is 12.1 Å². The summed E-state index contributed by atoms with van der Waals surface area (Å²) in [7, 11) is 4.08. The van der Waals surface area contributed by atoms with Crippen molar-refractivity contribution in [2.75, 3.05) is 20.6 Å². The summed E-state index contributed by atoms with van der Waals surface area (Å²) >= 11 is 0. The van der Waals surface area contributed by atoms with Crippen molar-refractivity contribution < 1.29 is 4.39 Å². The minimum atomic E-state index is -0.221. The number of para-hydroxylation sites is 1. The number of nitrogens with zero attached hydrogens (tertiary/aromatic N) is 3. The number of hydrogen-bond donors (Lipinski definition) is 0. The maximum Gasteiger partial charge on any atom is 0.149 e. The molecule has 96 valence electrons. The van der Waals surface area contributed by atoms with Gasteiger partial charge in [0.15, 0.2) is 0 Å². The highest BCUT2D eigenvalue weighted by Gasteiger charge is 2.10. The Bertz CT molecular complexity index is 492. The fraction of sp³-hybridized carbons (Fsp3) is 0.357. The number of aromatic nitrogens is 2. The molecule has 0 bridgehead atoms. The molecule has 2 rings (SSSR count). The van der Waals surface area contributed by atoms with Gasteiger partial charge >= 0.3 is 0 Å². The van der Waals surface area contributed by atoms with E-state index in [1.807, 2.05) is 20.2 Å². The van der Waals surface area contributed by atoms with Gasteiger partial charge in [0, 0.05) is 12.4 Å². The first-order chi connectivity index (χ1) is 8.68. The molecule has 0 aliphatic rings. The van der Waals surface area contributed by atoms with Gasteiger partial charge in [-0.2, -0.15) is 5.10 Å². The van der Waals surface area contributed by atoms with Crippen molar-refractivity contribution in [2.24, 2.45) is 0 Å². The van der Waals surface area contributed by atoms with Gasteiger partial charge in [0.25, 0.3) is 0 Å². The molecular formula is C14H18FN3. The first-order valence-electron chi connectivity index (χ1n) is 6.10.